The molecule has 0 radical (unpaired) electrons. The van der Waals surface area contributed by atoms with Crippen LogP contribution in [0.25, 0.3) is 0 Å². The van der Waals surface area contributed by atoms with Gasteiger partial charge in [0.15, 0.2) is 0 Å². The number of likely N-dealkylation sites (tertiary alicyclic amines) is 1. The first-order valence-electron chi connectivity index (χ1n) is 7.06. The predicted molar refractivity (Wildman–Crippen MR) is 79.4 cm³/mol. The average molecular weight is 271 g/mol. The number of amides is 1. The Bertz CT molecular complexity index is 534. The molecule has 0 aliphatic carbocycles. The van der Waals surface area contributed by atoms with E-state index in [-0.39, 0.29) is 18.1 Å². The molecular formula is C17H21NO2. The van der Waals surface area contributed by atoms with Gasteiger partial charge in [-0.1, -0.05) is 11.8 Å². The Labute approximate surface area is 120 Å². The van der Waals surface area contributed by atoms with Gasteiger partial charge in [-0.3, -0.25) is 4.79 Å². The summed E-state index contributed by atoms with van der Waals surface area (Å²) in [6.45, 7) is 5.15. The topological polar surface area (TPSA) is 40.5 Å². The monoisotopic (exact) mass is 271 g/mol. The molecule has 1 aliphatic heterocycles. The number of rotatable bonds is 2. The van der Waals surface area contributed by atoms with Gasteiger partial charge in [-0.15, -0.1) is 0 Å². The minimum absolute atomic E-state index is 0.0450. The summed E-state index contributed by atoms with van der Waals surface area (Å²) in [5, 5.41) is 8.68. The van der Waals surface area contributed by atoms with Crippen LogP contribution in [0.1, 0.15) is 49.0 Å². The molecule has 20 heavy (non-hydrogen) atoms. The van der Waals surface area contributed by atoms with Crippen LogP contribution in [0.3, 0.4) is 0 Å². The van der Waals surface area contributed by atoms with E-state index in [9.17, 15) is 4.79 Å². The average Bonchev–Trinajstić information content (AvgIpc) is 2.79. The van der Waals surface area contributed by atoms with Crippen LogP contribution in [0.4, 0.5) is 0 Å². The first kappa shape index (κ1) is 14.6. The second-order valence-corrected chi connectivity index (χ2v) is 5.73. The van der Waals surface area contributed by atoms with Crippen molar-refractivity contribution in [3.63, 3.8) is 0 Å². The summed E-state index contributed by atoms with van der Waals surface area (Å²) in [6.07, 6.45) is 2.61. The molecule has 0 spiro atoms. The second kappa shape index (κ2) is 6.11. The van der Waals surface area contributed by atoms with Crippen molar-refractivity contribution in [3.05, 3.63) is 35.4 Å². The van der Waals surface area contributed by atoms with Crippen molar-refractivity contribution in [2.75, 3.05) is 13.2 Å². The van der Waals surface area contributed by atoms with Gasteiger partial charge in [-0.05, 0) is 51.0 Å². The molecule has 1 heterocycles. The Hall–Kier alpha value is -1.79. The van der Waals surface area contributed by atoms with Crippen LogP contribution >= 0.6 is 0 Å². The number of carbonyl (C=O) groups is 1. The van der Waals surface area contributed by atoms with E-state index in [1.54, 1.807) is 0 Å². The molecule has 1 aromatic carbocycles. The van der Waals surface area contributed by atoms with Gasteiger partial charge in [-0.2, -0.15) is 0 Å². The summed E-state index contributed by atoms with van der Waals surface area (Å²) in [4.78, 5) is 14.4. The highest BCUT2D eigenvalue weighted by Crippen LogP contribution is 2.29. The lowest BCUT2D eigenvalue weighted by Crippen LogP contribution is -2.42. The van der Waals surface area contributed by atoms with E-state index in [2.05, 4.69) is 25.7 Å². The highest BCUT2D eigenvalue weighted by atomic mass is 16.2. The third kappa shape index (κ3) is 3.20. The summed E-state index contributed by atoms with van der Waals surface area (Å²) in [5.41, 5.74) is 1.54. The maximum Gasteiger partial charge on any atom is 0.254 e. The van der Waals surface area contributed by atoms with Crippen molar-refractivity contribution in [1.82, 2.24) is 4.90 Å². The number of aliphatic hydroxyl groups is 1. The normalized spacial score (nSPS) is 16.6. The minimum Gasteiger partial charge on any atom is -0.395 e. The Kier molecular flexibility index (Phi) is 4.46. The van der Waals surface area contributed by atoms with Crippen molar-refractivity contribution >= 4 is 5.91 Å². The highest BCUT2D eigenvalue weighted by molar-refractivity contribution is 5.95. The van der Waals surface area contributed by atoms with Crippen molar-refractivity contribution in [2.24, 2.45) is 0 Å². The first-order valence-corrected chi connectivity index (χ1v) is 7.06. The lowest BCUT2D eigenvalue weighted by atomic mass is 10.0. The van der Waals surface area contributed by atoms with Crippen molar-refractivity contribution in [2.45, 2.75) is 38.6 Å². The van der Waals surface area contributed by atoms with E-state index in [1.165, 1.54) is 0 Å². The summed E-state index contributed by atoms with van der Waals surface area (Å²) in [5.74, 6) is 5.93. The van der Waals surface area contributed by atoms with Crippen molar-refractivity contribution in [3.8, 4) is 11.8 Å². The zero-order valence-electron chi connectivity index (χ0n) is 12.1. The maximum atomic E-state index is 12.5. The van der Waals surface area contributed by atoms with E-state index >= 15 is 0 Å². The molecule has 106 valence electrons. The molecule has 1 N–H and O–H groups in total. The van der Waals surface area contributed by atoms with Crippen molar-refractivity contribution in [1.29, 1.82) is 0 Å². The number of aliphatic hydroxyl groups excluding tert-OH is 1. The second-order valence-electron chi connectivity index (χ2n) is 5.73. The van der Waals surface area contributed by atoms with Crippen LogP contribution in [-0.2, 0) is 0 Å². The number of hydrogen-bond acceptors (Lipinski definition) is 2. The Balaban J connectivity index is 2.11. The quantitative estimate of drug-likeness (QED) is 0.839. The molecule has 0 unspecified atom stereocenters. The zero-order valence-corrected chi connectivity index (χ0v) is 12.1. The Morgan fingerprint density at radius 3 is 2.60 bits per heavy atom. The molecular weight excluding hydrogens is 250 g/mol. The predicted octanol–water partition coefficient (Wildman–Crippen LogP) is 2.44. The first-order chi connectivity index (χ1) is 9.54. The van der Waals surface area contributed by atoms with Gasteiger partial charge in [0.25, 0.3) is 5.91 Å². The molecule has 0 bridgehead atoms. The molecule has 3 nitrogen and oxygen atoms in total. The summed E-state index contributed by atoms with van der Waals surface area (Å²) >= 11 is 0. The van der Waals surface area contributed by atoms with Gasteiger partial charge in [0, 0.05) is 29.6 Å². The van der Waals surface area contributed by atoms with Gasteiger partial charge in [0.1, 0.15) is 0 Å². The Morgan fingerprint density at radius 1 is 1.35 bits per heavy atom. The number of hydrogen-bond donors (Lipinski definition) is 1. The van der Waals surface area contributed by atoms with Crippen LogP contribution in [-0.4, -0.2) is 34.6 Å². The Morgan fingerprint density at radius 2 is 2.05 bits per heavy atom. The van der Waals surface area contributed by atoms with E-state index < -0.39 is 0 Å². The van der Waals surface area contributed by atoms with Crippen LogP contribution in [0, 0.1) is 11.8 Å². The molecule has 0 atom stereocenters. The summed E-state index contributed by atoms with van der Waals surface area (Å²) < 4.78 is 0. The molecule has 0 aromatic heterocycles. The van der Waals surface area contributed by atoms with Gasteiger partial charge < -0.3 is 10.0 Å². The molecule has 1 aliphatic rings. The highest BCUT2D eigenvalue weighted by Gasteiger charge is 2.35. The lowest BCUT2D eigenvalue weighted by Gasteiger charge is -2.31. The molecule has 1 aromatic rings. The molecule has 1 saturated heterocycles. The largest absolute Gasteiger partial charge is 0.395 e. The van der Waals surface area contributed by atoms with Crippen molar-refractivity contribution < 1.29 is 9.90 Å². The summed E-state index contributed by atoms with van der Waals surface area (Å²) in [6, 6.07) is 7.39. The van der Waals surface area contributed by atoms with E-state index in [0.29, 0.717) is 12.0 Å². The molecule has 2 rings (SSSR count). The molecule has 1 amide bonds. The number of carbonyl (C=O) groups excluding carboxylic acids is 1. The fraction of sp³-hybridized carbons (Fsp3) is 0.471. The standard InChI is InChI=1S/C17H21NO2/c1-17(2)11-5-12-18(17)16(20)15-9-7-14(8-10-15)6-3-4-13-19/h7-10,19H,4-5,11-13H2,1-2H3. The van der Waals surface area contributed by atoms with Crippen LogP contribution in [0.5, 0.6) is 0 Å². The summed E-state index contributed by atoms with van der Waals surface area (Å²) in [7, 11) is 0. The van der Waals surface area contributed by atoms with E-state index in [0.717, 1.165) is 24.9 Å². The lowest BCUT2D eigenvalue weighted by molar-refractivity contribution is 0.0652. The fourth-order valence-electron chi connectivity index (χ4n) is 2.56. The molecule has 1 fully saturated rings. The maximum absolute atomic E-state index is 12.5. The third-order valence-electron chi connectivity index (χ3n) is 3.75. The van der Waals surface area contributed by atoms with Crippen LogP contribution in [0.15, 0.2) is 24.3 Å². The minimum atomic E-state index is -0.0450. The number of nitrogens with zero attached hydrogens (tertiary/aromatic N) is 1. The van der Waals surface area contributed by atoms with Gasteiger partial charge in [0.2, 0.25) is 0 Å². The van der Waals surface area contributed by atoms with Gasteiger partial charge in [-0.25, -0.2) is 0 Å². The van der Waals surface area contributed by atoms with Gasteiger partial charge in [0.05, 0.1) is 6.61 Å². The molecule has 0 saturated carbocycles. The van der Waals surface area contributed by atoms with Crippen LogP contribution in [0.2, 0.25) is 0 Å². The van der Waals surface area contributed by atoms with E-state index in [4.69, 9.17) is 5.11 Å². The zero-order chi connectivity index (χ0) is 14.6. The SMILES string of the molecule is CC1(C)CCCN1C(=O)c1ccc(C#CCCO)cc1. The third-order valence-corrected chi connectivity index (χ3v) is 3.75. The van der Waals surface area contributed by atoms with Gasteiger partial charge >= 0.3 is 0 Å². The fourth-order valence-corrected chi connectivity index (χ4v) is 2.56. The van der Waals surface area contributed by atoms with Crippen LogP contribution < -0.4 is 0 Å². The number of benzene rings is 1. The van der Waals surface area contributed by atoms with E-state index in [1.807, 2.05) is 29.2 Å². The molecule has 3 heteroatoms. The smallest absolute Gasteiger partial charge is 0.254 e.